The number of hydrogen-bond acceptors (Lipinski definition) is 3. The van der Waals surface area contributed by atoms with E-state index in [4.69, 9.17) is 23.2 Å². The summed E-state index contributed by atoms with van der Waals surface area (Å²) in [6.45, 7) is 0.334. The minimum absolute atomic E-state index is 0.0422. The molecule has 0 amide bonds. The Morgan fingerprint density at radius 3 is 2.83 bits per heavy atom. The second-order valence-electron chi connectivity index (χ2n) is 3.70. The Kier molecular flexibility index (Phi) is 3.84. The molecule has 5 nitrogen and oxygen atoms in total. The lowest BCUT2D eigenvalue weighted by Gasteiger charge is -2.04. The van der Waals surface area contributed by atoms with E-state index in [9.17, 15) is 10.1 Å². The van der Waals surface area contributed by atoms with Crippen LogP contribution in [0.15, 0.2) is 30.7 Å². The largest absolute Gasteiger partial charge is 0.332 e. The van der Waals surface area contributed by atoms with Gasteiger partial charge in [0, 0.05) is 17.3 Å². The summed E-state index contributed by atoms with van der Waals surface area (Å²) in [5.74, 6) is 0.310. The van der Waals surface area contributed by atoms with Crippen LogP contribution in [0.5, 0.6) is 0 Å². The van der Waals surface area contributed by atoms with E-state index < -0.39 is 4.92 Å². The number of aromatic nitrogens is 2. The van der Waals surface area contributed by atoms with Crippen LogP contribution in [-0.2, 0) is 12.4 Å². The number of benzene rings is 1. The molecule has 1 aromatic carbocycles. The number of nitrogens with zero attached hydrogens (tertiary/aromatic N) is 3. The molecule has 0 saturated heterocycles. The minimum atomic E-state index is -0.426. The van der Waals surface area contributed by atoms with Crippen molar-refractivity contribution < 1.29 is 4.92 Å². The maximum atomic E-state index is 10.9. The van der Waals surface area contributed by atoms with Crippen LogP contribution in [0.1, 0.15) is 11.3 Å². The van der Waals surface area contributed by atoms with Crippen LogP contribution in [0.2, 0.25) is 5.02 Å². The molecule has 2 rings (SSSR count). The van der Waals surface area contributed by atoms with Crippen molar-refractivity contribution in [2.75, 3.05) is 0 Å². The average Bonchev–Trinajstić information content (AvgIpc) is 2.76. The van der Waals surface area contributed by atoms with Crippen LogP contribution in [0, 0.1) is 10.1 Å². The monoisotopic (exact) mass is 285 g/mol. The molecule has 2 aromatic rings. The van der Waals surface area contributed by atoms with Gasteiger partial charge in [-0.1, -0.05) is 11.6 Å². The quantitative estimate of drug-likeness (QED) is 0.492. The van der Waals surface area contributed by atoms with Gasteiger partial charge in [0.15, 0.2) is 0 Å². The van der Waals surface area contributed by atoms with Crippen molar-refractivity contribution in [3.05, 3.63) is 57.1 Å². The van der Waals surface area contributed by atoms with Gasteiger partial charge in [-0.2, -0.15) is 0 Å². The summed E-state index contributed by atoms with van der Waals surface area (Å²) in [5, 5.41) is 11.4. The van der Waals surface area contributed by atoms with Crippen LogP contribution in [-0.4, -0.2) is 14.5 Å². The number of rotatable bonds is 4. The van der Waals surface area contributed by atoms with Crippen molar-refractivity contribution in [3.63, 3.8) is 0 Å². The molecule has 0 unspecified atom stereocenters. The zero-order chi connectivity index (χ0) is 13.1. The lowest BCUT2D eigenvalue weighted by molar-refractivity contribution is -0.385. The average molecular weight is 286 g/mol. The summed E-state index contributed by atoms with van der Waals surface area (Å²) in [6.07, 6.45) is 3.33. The van der Waals surface area contributed by atoms with Gasteiger partial charge >= 0.3 is 0 Å². The summed E-state index contributed by atoms with van der Waals surface area (Å²) in [5.41, 5.74) is 1.30. The van der Waals surface area contributed by atoms with Crippen molar-refractivity contribution in [1.29, 1.82) is 0 Å². The third-order valence-electron chi connectivity index (χ3n) is 2.41. The van der Waals surface area contributed by atoms with E-state index in [1.165, 1.54) is 12.1 Å². The number of imidazole rings is 1. The van der Waals surface area contributed by atoms with Crippen molar-refractivity contribution in [2.24, 2.45) is 0 Å². The number of halogens is 2. The highest BCUT2D eigenvalue weighted by atomic mass is 35.5. The van der Waals surface area contributed by atoms with E-state index in [-0.39, 0.29) is 5.69 Å². The van der Waals surface area contributed by atoms with Gasteiger partial charge in [0.2, 0.25) is 0 Å². The first-order valence-electron chi connectivity index (χ1n) is 5.09. The van der Waals surface area contributed by atoms with Crippen molar-refractivity contribution >= 4 is 28.9 Å². The van der Waals surface area contributed by atoms with E-state index in [1.807, 2.05) is 0 Å². The molecule has 0 spiro atoms. The Labute approximate surface area is 113 Å². The molecule has 18 heavy (non-hydrogen) atoms. The molecule has 0 atom stereocenters. The summed E-state index contributed by atoms with van der Waals surface area (Å²) >= 11 is 11.5. The lowest BCUT2D eigenvalue weighted by Crippen LogP contribution is -2.01. The Bertz CT molecular complexity index is 583. The van der Waals surface area contributed by atoms with E-state index in [1.54, 1.807) is 23.2 Å². The molecule has 0 saturated carbocycles. The third-order valence-corrected chi connectivity index (χ3v) is 2.92. The molecule has 0 aliphatic heterocycles. The molecule has 1 aromatic heterocycles. The molecule has 7 heteroatoms. The van der Waals surface area contributed by atoms with Crippen LogP contribution < -0.4 is 0 Å². The first-order chi connectivity index (χ1) is 8.60. The Balaban J connectivity index is 2.32. The molecule has 1 heterocycles. The SMILES string of the molecule is O=[N+]([O-])c1ccc(Cl)cc1Cn1cnc(CCl)c1. The van der Waals surface area contributed by atoms with Gasteiger partial charge in [0.25, 0.3) is 5.69 Å². The smallest absolute Gasteiger partial charge is 0.274 e. The standard InChI is InChI=1S/C11H9Cl2N3O2/c12-4-10-6-15(7-14-10)5-8-3-9(13)1-2-11(8)16(17)18/h1-3,6-7H,4-5H2. The predicted octanol–water partition coefficient (Wildman–Crippen LogP) is 3.23. The highest BCUT2D eigenvalue weighted by Gasteiger charge is 2.14. The second-order valence-corrected chi connectivity index (χ2v) is 4.40. The van der Waals surface area contributed by atoms with Gasteiger partial charge in [-0.15, -0.1) is 11.6 Å². The molecule has 94 valence electrons. The van der Waals surface area contributed by atoms with Gasteiger partial charge in [-0.05, 0) is 12.1 Å². The summed E-state index contributed by atoms with van der Waals surface area (Å²) in [7, 11) is 0. The van der Waals surface area contributed by atoms with Crippen LogP contribution in [0.25, 0.3) is 0 Å². The molecule has 0 radical (unpaired) electrons. The van der Waals surface area contributed by atoms with Gasteiger partial charge in [-0.25, -0.2) is 4.98 Å². The predicted molar refractivity (Wildman–Crippen MR) is 69.0 cm³/mol. The first kappa shape index (κ1) is 12.9. The Morgan fingerprint density at radius 2 is 2.22 bits per heavy atom. The zero-order valence-corrected chi connectivity index (χ0v) is 10.7. The number of hydrogen-bond donors (Lipinski definition) is 0. The summed E-state index contributed by atoms with van der Waals surface area (Å²) in [6, 6.07) is 4.48. The third kappa shape index (κ3) is 2.80. The van der Waals surface area contributed by atoms with Crippen LogP contribution in [0.3, 0.4) is 0 Å². The number of nitro benzene ring substituents is 1. The highest BCUT2D eigenvalue weighted by Crippen LogP contribution is 2.23. The number of alkyl halides is 1. The van der Waals surface area contributed by atoms with E-state index in [0.29, 0.717) is 23.0 Å². The van der Waals surface area contributed by atoms with E-state index in [2.05, 4.69) is 4.98 Å². The summed E-state index contributed by atoms with van der Waals surface area (Å²) in [4.78, 5) is 14.5. The molecule has 0 aliphatic carbocycles. The van der Waals surface area contributed by atoms with E-state index >= 15 is 0 Å². The second kappa shape index (κ2) is 5.37. The summed E-state index contributed by atoms with van der Waals surface area (Å²) < 4.78 is 1.73. The maximum Gasteiger partial charge on any atom is 0.274 e. The van der Waals surface area contributed by atoms with Crippen LogP contribution in [0.4, 0.5) is 5.69 Å². The fourth-order valence-corrected chi connectivity index (χ4v) is 1.95. The van der Waals surface area contributed by atoms with Crippen molar-refractivity contribution in [1.82, 2.24) is 9.55 Å². The molecule has 0 fully saturated rings. The molecule has 0 bridgehead atoms. The van der Waals surface area contributed by atoms with Gasteiger partial charge in [0.05, 0.1) is 34.9 Å². The zero-order valence-electron chi connectivity index (χ0n) is 9.22. The number of nitro groups is 1. The fourth-order valence-electron chi connectivity index (χ4n) is 1.62. The fraction of sp³-hybridized carbons (Fsp3) is 0.182. The van der Waals surface area contributed by atoms with E-state index in [0.717, 1.165) is 5.69 Å². The van der Waals surface area contributed by atoms with Crippen molar-refractivity contribution in [3.8, 4) is 0 Å². The molecular weight excluding hydrogens is 277 g/mol. The van der Waals surface area contributed by atoms with Gasteiger partial charge in [0.1, 0.15) is 0 Å². The topological polar surface area (TPSA) is 61.0 Å². The van der Waals surface area contributed by atoms with Gasteiger partial charge < -0.3 is 4.57 Å². The minimum Gasteiger partial charge on any atom is -0.332 e. The highest BCUT2D eigenvalue weighted by molar-refractivity contribution is 6.30. The van der Waals surface area contributed by atoms with Crippen molar-refractivity contribution in [2.45, 2.75) is 12.4 Å². The van der Waals surface area contributed by atoms with Crippen LogP contribution >= 0.6 is 23.2 Å². The normalized spacial score (nSPS) is 10.6. The maximum absolute atomic E-state index is 10.9. The Morgan fingerprint density at radius 1 is 1.44 bits per heavy atom. The Hall–Kier alpha value is -1.59. The molecule has 0 aliphatic rings. The van der Waals surface area contributed by atoms with Gasteiger partial charge in [-0.3, -0.25) is 10.1 Å². The first-order valence-corrected chi connectivity index (χ1v) is 6.01. The molecule has 0 N–H and O–H groups in total. The molecular formula is C11H9Cl2N3O2. The lowest BCUT2D eigenvalue weighted by atomic mass is 10.2.